The molecule has 3 atom stereocenters. The van der Waals surface area contributed by atoms with Gasteiger partial charge in [0.25, 0.3) is 0 Å². The normalized spacial score (nSPS) is 32.2. The number of nitrogens with one attached hydrogen (secondary N) is 1. The zero-order chi connectivity index (χ0) is 18.4. The van der Waals surface area contributed by atoms with Crippen LogP contribution in [0.5, 0.6) is 0 Å². The topological polar surface area (TPSA) is 52.6 Å². The largest absolute Gasteiger partial charge is 0.379 e. The first-order valence-electron chi connectivity index (χ1n) is 10.3. The Bertz CT molecular complexity index is 445. The molecule has 7 nitrogen and oxygen atoms in total. The van der Waals surface area contributed by atoms with Crippen molar-refractivity contribution in [3.05, 3.63) is 0 Å². The lowest BCUT2D eigenvalue weighted by Gasteiger charge is -2.35. The summed E-state index contributed by atoms with van der Waals surface area (Å²) in [4.78, 5) is 12.0. The van der Waals surface area contributed by atoms with Crippen molar-refractivity contribution in [1.29, 1.82) is 0 Å². The number of morpholine rings is 2. The first kappa shape index (κ1) is 19.9. The van der Waals surface area contributed by atoms with Crippen LogP contribution >= 0.6 is 0 Å². The van der Waals surface area contributed by atoms with Crippen molar-refractivity contribution in [3.63, 3.8) is 0 Å². The zero-order valence-corrected chi connectivity index (χ0v) is 16.8. The van der Waals surface area contributed by atoms with Crippen LogP contribution < -0.4 is 5.32 Å². The minimum atomic E-state index is 0.348. The van der Waals surface area contributed by atoms with Gasteiger partial charge in [0.2, 0.25) is 0 Å². The van der Waals surface area contributed by atoms with Crippen LogP contribution in [-0.2, 0) is 9.47 Å². The number of hydrogen-bond acceptors (Lipinski definition) is 5. The Morgan fingerprint density at radius 2 is 1.81 bits per heavy atom. The van der Waals surface area contributed by atoms with Crippen molar-refractivity contribution in [3.8, 4) is 0 Å². The van der Waals surface area contributed by atoms with Crippen molar-refractivity contribution >= 4 is 5.96 Å². The van der Waals surface area contributed by atoms with Gasteiger partial charge in [-0.05, 0) is 26.7 Å². The molecule has 0 spiro atoms. The third kappa shape index (κ3) is 5.55. The van der Waals surface area contributed by atoms with E-state index in [0.717, 1.165) is 78.0 Å². The molecule has 150 valence electrons. The van der Waals surface area contributed by atoms with Crippen molar-refractivity contribution in [2.24, 2.45) is 4.99 Å². The average molecular weight is 368 g/mol. The van der Waals surface area contributed by atoms with Crippen LogP contribution in [0, 0.1) is 0 Å². The van der Waals surface area contributed by atoms with E-state index in [4.69, 9.17) is 9.47 Å². The minimum Gasteiger partial charge on any atom is -0.379 e. The van der Waals surface area contributed by atoms with Crippen LogP contribution in [0.25, 0.3) is 0 Å². The predicted octanol–water partition coefficient (Wildman–Crippen LogP) is 0.468. The second-order valence-corrected chi connectivity index (χ2v) is 7.88. The quantitative estimate of drug-likeness (QED) is 0.433. The molecule has 0 radical (unpaired) electrons. The maximum Gasteiger partial charge on any atom is 0.193 e. The number of nitrogens with zero attached hydrogens (tertiary/aromatic N) is 4. The Labute approximate surface area is 158 Å². The fraction of sp³-hybridized carbons (Fsp3) is 0.947. The van der Waals surface area contributed by atoms with E-state index in [0.29, 0.717) is 18.2 Å². The SMILES string of the molecule is CN=C(NCCCN1CC(C)OC(C)C1)N1CCC(N2CCOCC2)C1. The maximum atomic E-state index is 5.81. The summed E-state index contributed by atoms with van der Waals surface area (Å²) < 4.78 is 11.3. The number of rotatable bonds is 5. The van der Waals surface area contributed by atoms with Gasteiger partial charge in [-0.25, -0.2) is 0 Å². The molecule has 0 aliphatic carbocycles. The van der Waals surface area contributed by atoms with E-state index < -0.39 is 0 Å². The highest BCUT2D eigenvalue weighted by Crippen LogP contribution is 2.17. The van der Waals surface area contributed by atoms with Crippen LogP contribution in [0.15, 0.2) is 4.99 Å². The molecule has 1 N–H and O–H groups in total. The van der Waals surface area contributed by atoms with E-state index in [-0.39, 0.29) is 0 Å². The van der Waals surface area contributed by atoms with E-state index in [2.05, 4.69) is 38.9 Å². The highest BCUT2D eigenvalue weighted by Gasteiger charge is 2.30. The Morgan fingerprint density at radius 3 is 2.50 bits per heavy atom. The Hall–Kier alpha value is -0.890. The van der Waals surface area contributed by atoms with Gasteiger partial charge in [0.15, 0.2) is 5.96 Å². The van der Waals surface area contributed by atoms with Crippen molar-refractivity contribution in [2.75, 3.05) is 72.6 Å². The molecule has 26 heavy (non-hydrogen) atoms. The highest BCUT2D eigenvalue weighted by atomic mass is 16.5. The molecule has 3 saturated heterocycles. The molecular formula is C19H37N5O2. The zero-order valence-electron chi connectivity index (χ0n) is 16.8. The van der Waals surface area contributed by atoms with Gasteiger partial charge in [0.1, 0.15) is 0 Å². The summed E-state index contributed by atoms with van der Waals surface area (Å²) in [5.41, 5.74) is 0. The summed E-state index contributed by atoms with van der Waals surface area (Å²) in [6.07, 6.45) is 3.06. The molecule has 3 rings (SSSR count). The van der Waals surface area contributed by atoms with E-state index in [1.54, 1.807) is 0 Å². The number of guanidine groups is 1. The Kier molecular flexibility index (Phi) is 7.54. The van der Waals surface area contributed by atoms with E-state index in [1.807, 2.05) is 7.05 Å². The highest BCUT2D eigenvalue weighted by molar-refractivity contribution is 5.80. The van der Waals surface area contributed by atoms with Gasteiger partial charge < -0.3 is 19.7 Å². The van der Waals surface area contributed by atoms with Gasteiger partial charge in [-0.1, -0.05) is 0 Å². The maximum absolute atomic E-state index is 5.81. The summed E-state index contributed by atoms with van der Waals surface area (Å²) in [5.74, 6) is 1.06. The van der Waals surface area contributed by atoms with Crippen molar-refractivity contribution in [1.82, 2.24) is 20.0 Å². The van der Waals surface area contributed by atoms with Gasteiger partial charge in [-0.3, -0.25) is 14.8 Å². The lowest BCUT2D eigenvalue weighted by molar-refractivity contribution is -0.0679. The number of ether oxygens (including phenoxy) is 2. The molecule has 0 saturated carbocycles. The molecule has 3 heterocycles. The molecule has 3 unspecified atom stereocenters. The first-order valence-corrected chi connectivity index (χ1v) is 10.3. The van der Waals surface area contributed by atoms with Crippen molar-refractivity contribution in [2.45, 2.75) is 44.9 Å². The standard InChI is InChI=1S/C19H37N5O2/c1-16-13-22(14-17(2)26-16)7-4-6-21-19(20-3)24-8-5-18(15-24)23-9-11-25-12-10-23/h16-18H,4-15H2,1-3H3,(H,20,21). The van der Waals surface area contributed by atoms with Crippen molar-refractivity contribution < 1.29 is 9.47 Å². The number of hydrogen-bond donors (Lipinski definition) is 1. The molecule has 0 bridgehead atoms. The second kappa shape index (κ2) is 9.88. The smallest absolute Gasteiger partial charge is 0.193 e. The van der Waals surface area contributed by atoms with Gasteiger partial charge in [-0.2, -0.15) is 0 Å². The summed E-state index contributed by atoms with van der Waals surface area (Å²) in [6.45, 7) is 14.6. The van der Waals surface area contributed by atoms with Gasteiger partial charge in [0, 0.05) is 65.4 Å². The summed E-state index contributed by atoms with van der Waals surface area (Å²) >= 11 is 0. The van der Waals surface area contributed by atoms with Crippen LogP contribution in [0.1, 0.15) is 26.7 Å². The van der Waals surface area contributed by atoms with Gasteiger partial charge >= 0.3 is 0 Å². The second-order valence-electron chi connectivity index (χ2n) is 7.88. The van der Waals surface area contributed by atoms with Gasteiger partial charge in [0.05, 0.1) is 25.4 Å². The number of likely N-dealkylation sites (tertiary alicyclic amines) is 1. The molecule has 0 aromatic carbocycles. The predicted molar refractivity (Wildman–Crippen MR) is 105 cm³/mol. The molecular weight excluding hydrogens is 330 g/mol. The fourth-order valence-electron chi connectivity index (χ4n) is 4.48. The monoisotopic (exact) mass is 367 g/mol. The molecule has 0 amide bonds. The summed E-state index contributed by atoms with van der Waals surface area (Å²) in [7, 11) is 1.90. The third-order valence-corrected chi connectivity index (χ3v) is 5.67. The fourth-order valence-corrected chi connectivity index (χ4v) is 4.48. The average Bonchev–Trinajstić information content (AvgIpc) is 3.12. The molecule has 7 heteroatoms. The molecule has 3 fully saturated rings. The summed E-state index contributed by atoms with van der Waals surface area (Å²) in [5, 5.41) is 3.57. The van der Waals surface area contributed by atoms with Crippen LogP contribution in [0.3, 0.4) is 0 Å². The van der Waals surface area contributed by atoms with E-state index >= 15 is 0 Å². The lowest BCUT2D eigenvalue weighted by Crippen LogP contribution is -2.47. The molecule has 0 aromatic heterocycles. The first-order chi connectivity index (χ1) is 12.7. The minimum absolute atomic E-state index is 0.348. The van der Waals surface area contributed by atoms with Crippen LogP contribution in [-0.4, -0.2) is 112 Å². The van der Waals surface area contributed by atoms with Crippen LogP contribution in [0.2, 0.25) is 0 Å². The summed E-state index contributed by atoms with van der Waals surface area (Å²) in [6, 6.07) is 0.647. The van der Waals surface area contributed by atoms with Crippen LogP contribution in [0.4, 0.5) is 0 Å². The Balaban J connectivity index is 1.36. The Morgan fingerprint density at radius 1 is 1.08 bits per heavy atom. The molecule has 0 aromatic rings. The van der Waals surface area contributed by atoms with E-state index in [9.17, 15) is 0 Å². The van der Waals surface area contributed by atoms with Gasteiger partial charge in [-0.15, -0.1) is 0 Å². The van der Waals surface area contributed by atoms with E-state index in [1.165, 1.54) is 6.42 Å². The third-order valence-electron chi connectivity index (χ3n) is 5.67. The lowest BCUT2D eigenvalue weighted by atomic mass is 10.2. The molecule has 3 aliphatic rings. The number of aliphatic imine (C=N–C) groups is 1. The molecule has 3 aliphatic heterocycles.